The van der Waals surface area contributed by atoms with E-state index < -0.39 is 10.0 Å². The zero-order valence-corrected chi connectivity index (χ0v) is 16.6. The number of amides is 1. The molecule has 25 heavy (non-hydrogen) atoms. The molecule has 0 bridgehead atoms. The highest BCUT2D eigenvalue weighted by Gasteiger charge is 2.24. The van der Waals surface area contributed by atoms with Crippen molar-refractivity contribution >= 4 is 21.6 Å². The van der Waals surface area contributed by atoms with Crippen molar-refractivity contribution in [3.8, 4) is 0 Å². The van der Waals surface area contributed by atoms with Gasteiger partial charge in [0.15, 0.2) is 0 Å². The third-order valence-corrected chi connectivity index (χ3v) is 6.39. The Morgan fingerprint density at radius 3 is 2.36 bits per heavy atom. The summed E-state index contributed by atoms with van der Waals surface area (Å²) in [5, 5.41) is 0. The first-order valence-corrected chi connectivity index (χ1v) is 10.9. The van der Waals surface area contributed by atoms with Gasteiger partial charge in [0.1, 0.15) is 0 Å². The van der Waals surface area contributed by atoms with Gasteiger partial charge >= 0.3 is 0 Å². The van der Waals surface area contributed by atoms with Crippen LogP contribution in [0.5, 0.6) is 0 Å². The lowest BCUT2D eigenvalue weighted by molar-refractivity contribution is -0.131. The summed E-state index contributed by atoms with van der Waals surface area (Å²) in [4.78, 5) is 14.2. The lowest BCUT2D eigenvalue weighted by atomic mass is 10.1. The molecule has 1 aliphatic rings. The van der Waals surface area contributed by atoms with Gasteiger partial charge in [0.2, 0.25) is 15.9 Å². The van der Waals surface area contributed by atoms with Gasteiger partial charge in [-0.25, -0.2) is 8.42 Å². The zero-order chi connectivity index (χ0) is 18.6. The Morgan fingerprint density at radius 1 is 1.16 bits per heavy atom. The number of anilines is 1. The molecule has 0 atom stereocenters. The third-order valence-electron chi connectivity index (χ3n) is 5.20. The Bertz CT molecular complexity index is 709. The average Bonchev–Trinajstić information content (AvgIpc) is 3.06. The molecule has 0 unspecified atom stereocenters. The van der Waals surface area contributed by atoms with E-state index in [1.54, 1.807) is 0 Å². The molecule has 1 saturated carbocycles. The van der Waals surface area contributed by atoms with Crippen molar-refractivity contribution in [3.05, 3.63) is 29.3 Å². The largest absolute Gasteiger partial charge is 0.343 e. The molecule has 0 N–H and O–H groups in total. The first kappa shape index (κ1) is 19.8. The fourth-order valence-corrected chi connectivity index (χ4v) is 4.37. The van der Waals surface area contributed by atoms with E-state index in [2.05, 4.69) is 0 Å². The van der Waals surface area contributed by atoms with Gasteiger partial charge in [0, 0.05) is 26.1 Å². The number of hydrogen-bond donors (Lipinski definition) is 0. The molecule has 1 aromatic carbocycles. The second kappa shape index (κ2) is 8.21. The molecular formula is C19H30N2O3S. The van der Waals surface area contributed by atoms with Crippen molar-refractivity contribution in [3.63, 3.8) is 0 Å². The molecule has 0 spiro atoms. The Kier molecular flexibility index (Phi) is 6.49. The SMILES string of the molecule is Cc1ccc(N(CCCC(=O)N(C)C2CCCC2)S(C)(=O)=O)cc1C. The molecule has 0 aliphatic heterocycles. The summed E-state index contributed by atoms with van der Waals surface area (Å²) in [6, 6.07) is 6.01. The standard InChI is InChI=1S/C19H30N2O3S/c1-15-11-12-18(14-16(15)2)21(25(4,23)24)13-7-10-19(22)20(3)17-8-5-6-9-17/h11-12,14,17H,5-10,13H2,1-4H3. The summed E-state index contributed by atoms with van der Waals surface area (Å²) in [6.45, 7) is 4.30. The van der Waals surface area contributed by atoms with E-state index in [9.17, 15) is 13.2 Å². The van der Waals surface area contributed by atoms with Gasteiger partial charge in [-0.1, -0.05) is 18.9 Å². The maximum Gasteiger partial charge on any atom is 0.232 e. The molecule has 0 saturated heterocycles. The Labute approximate surface area is 152 Å². The van der Waals surface area contributed by atoms with Crippen molar-refractivity contribution in [2.45, 2.75) is 58.4 Å². The third kappa shape index (κ3) is 5.21. The smallest absolute Gasteiger partial charge is 0.232 e. The maximum atomic E-state index is 12.4. The van der Waals surface area contributed by atoms with Gasteiger partial charge in [0.25, 0.3) is 0 Å². The summed E-state index contributed by atoms with van der Waals surface area (Å²) in [5.74, 6) is 0.112. The summed E-state index contributed by atoms with van der Waals surface area (Å²) in [5.41, 5.74) is 2.86. The molecule has 140 valence electrons. The number of benzene rings is 1. The predicted octanol–water partition coefficient (Wildman–Crippen LogP) is 3.25. The molecule has 1 fully saturated rings. The van der Waals surface area contributed by atoms with Crippen LogP contribution in [0.2, 0.25) is 0 Å². The van der Waals surface area contributed by atoms with Gasteiger partial charge in [0.05, 0.1) is 11.9 Å². The highest BCUT2D eigenvalue weighted by Crippen LogP contribution is 2.24. The second-order valence-corrected chi connectivity index (χ2v) is 9.06. The first-order chi connectivity index (χ1) is 11.7. The van der Waals surface area contributed by atoms with Crippen molar-refractivity contribution in [2.75, 3.05) is 24.2 Å². The van der Waals surface area contributed by atoms with Crippen LogP contribution in [-0.4, -0.2) is 45.1 Å². The van der Waals surface area contributed by atoms with E-state index in [0.717, 1.165) is 24.0 Å². The van der Waals surface area contributed by atoms with Crippen LogP contribution in [0.15, 0.2) is 18.2 Å². The van der Waals surface area contributed by atoms with Gasteiger partial charge in [-0.3, -0.25) is 9.10 Å². The highest BCUT2D eigenvalue weighted by atomic mass is 32.2. The fraction of sp³-hybridized carbons (Fsp3) is 0.632. The molecule has 0 aromatic heterocycles. The number of carbonyl (C=O) groups is 1. The normalized spacial score (nSPS) is 15.4. The summed E-state index contributed by atoms with van der Waals surface area (Å²) < 4.78 is 25.8. The van der Waals surface area contributed by atoms with E-state index >= 15 is 0 Å². The van der Waals surface area contributed by atoms with E-state index in [1.807, 2.05) is 44.0 Å². The molecule has 2 rings (SSSR count). The number of aryl methyl sites for hydroxylation is 2. The molecule has 5 nitrogen and oxygen atoms in total. The minimum atomic E-state index is -3.37. The van der Waals surface area contributed by atoms with Gasteiger partial charge in [-0.05, 0) is 56.4 Å². The minimum Gasteiger partial charge on any atom is -0.343 e. The van der Waals surface area contributed by atoms with Crippen LogP contribution >= 0.6 is 0 Å². The van der Waals surface area contributed by atoms with E-state index in [-0.39, 0.29) is 5.91 Å². The minimum absolute atomic E-state index is 0.112. The fourth-order valence-electron chi connectivity index (χ4n) is 3.41. The number of carbonyl (C=O) groups excluding carboxylic acids is 1. The number of rotatable bonds is 7. The van der Waals surface area contributed by atoms with Crippen molar-refractivity contribution in [2.24, 2.45) is 0 Å². The van der Waals surface area contributed by atoms with Crippen LogP contribution in [0.25, 0.3) is 0 Å². The monoisotopic (exact) mass is 366 g/mol. The van der Waals surface area contributed by atoms with Crippen LogP contribution in [0, 0.1) is 13.8 Å². The second-order valence-electron chi connectivity index (χ2n) is 7.15. The van der Waals surface area contributed by atoms with Crippen molar-refractivity contribution in [1.82, 2.24) is 4.90 Å². The highest BCUT2D eigenvalue weighted by molar-refractivity contribution is 7.92. The van der Waals surface area contributed by atoms with Crippen LogP contribution in [0.3, 0.4) is 0 Å². The van der Waals surface area contributed by atoms with E-state index in [0.29, 0.717) is 31.1 Å². The summed E-state index contributed by atoms with van der Waals surface area (Å²) in [7, 11) is -1.50. The van der Waals surface area contributed by atoms with Crippen LogP contribution in [-0.2, 0) is 14.8 Å². The van der Waals surface area contributed by atoms with Gasteiger partial charge in [-0.2, -0.15) is 0 Å². The molecule has 6 heteroatoms. The number of nitrogens with zero attached hydrogens (tertiary/aromatic N) is 2. The number of hydrogen-bond acceptors (Lipinski definition) is 3. The Morgan fingerprint density at radius 2 is 1.80 bits per heavy atom. The molecule has 0 heterocycles. The van der Waals surface area contributed by atoms with Crippen LogP contribution < -0.4 is 4.31 Å². The van der Waals surface area contributed by atoms with Gasteiger partial charge < -0.3 is 4.90 Å². The lowest BCUT2D eigenvalue weighted by Gasteiger charge is -2.26. The molecule has 0 radical (unpaired) electrons. The van der Waals surface area contributed by atoms with Crippen LogP contribution in [0.4, 0.5) is 5.69 Å². The Hall–Kier alpha value is -1.56. The predicted molar refractivity (Wildman–Crippen MR) is 102 cm³/mol. The van der Waals surface area contributed by atoms with Crippen LogP contribution in [0.1, 0.15) is 49.7 Å². The number of sulfonamides is 1. The molecule has 1 aromatic rings. The molecule has 1 aliphatic carbocycles. The summed E-state index contributed by atoms with van der Waals surface area (Å²) >= 11 is 0. The van der Waals surface area contributed by atoms with Gasteiger partial charge in [-0.15, -0.1) is 0 Å². The molecule has 1 amide bonds. The van der Waals surface area contributed by atoms with E-state index in [1.165, 1.54) is 23.4 Å². The topological polar surface area (TPSA) is 57.7 Å². The van der Waals surface area contributed by atoms with Crippen molar-refractivity contribution in [1.29, 1.82) is 0 Å². The summed E-state index contributed by atoms with van der Waals surface area (Å²) in [6.07, 6.45) is 6.67. The quantitative estimate of drug-likeness (QED) is 0.744. The molecular weight excluding hydrogens is 336 g/mol. The zero-order valence-electron chi connectivity index (χ0n) is 15.8. The Balaban J connectivity index is 1.98. The maximum absolute atomic E-state index is 12.4. The van der Waals surface area contributed by atoms with Crippen molar-refractivity contribution < 1.29 is 13.2 Å². The lowest BCUT2D eigenvalue weighted by Crippen LogP contribution is -2.36. The van der Waals surface area contributed by atoms with E-state index in [4.69, 9.17) is 0 Å². The first-order valence-electron chi connectivity index (χ1n) is 9.01. The average molecular weight is 367 g/mol.